The first kappa shape index (κ1) is 15.3. The fraction of sp³-hybridized carbons (Fsp3) is 0.353. The molecule has 2 heterocycles. The minimum atomic E-state index is -0.0480. The van der Waals surface area contributed by atoms with Gasteiger partial charge in [0, 0.05) is 56.6 Å². The molecule has 0 saturated carbocycles. The molecule has 1 aliphatic rings. The Bertz CT molecular complexity index is 720. The Morgan fingerprint density at radius 3 is 2.61 bits per heavy atom. The van der Waals surface area contributed by atoms with Gasteiger partial charge in [0.2, 0.25) is 5.91 Å². The molecule has 0 unspecified atom stereocenters. The van der Waals surface area contributed by atoms with Crippen LogP contribution < -0.4 is 4.90 Å². The van der Waals surface area contributed by atoms with Crippen LogP contribution in [0, 0.1) is 0 Å². The molecule has 2 amide bonds. The number of anilines is 1. The molecule has 23 heavy (non-hydrogen) atoms. The third kappa shape index (κ3) is 3.26. The van der Waals surface area contributed by atoms with E-state index in [1.54, 1.807) is 39.9 Å². The van der Waals surface area contributed by atoms with Gasteiger partial charge in [-0.2, -0.15) is 5.10 Å². The maximum absolute atomic E-state index is 12.5. The highest BCUT2D eigenvalue weighted by Crippen LogP contribution is 2.22. The van der Waals surface area contributed by atoms with Crippen molar-refractivity contribution in [1.29, 1.82) is 0 Å². The first-order valence-electron chi connectivity index (χ1n) is 7.68. The van der Waals surface area contributed by atoms with E-state index in [0.717, 1.165) is 24.2 Å². The van der Waals surface area contributed by atoms with Gasteiger partial charge in [0.15, 0.2) is 0 Å². The van der Waals surface area contributed by atoms with Crippen molar-refractivity contribution in [3.05, 3.63) is 47.8 Å². The number of aromatic nitrogens is 2. The molecule has 120 valence electrons. The number of aryl methyl sites for hydroxylation is 1. The van der Waals surface area contributed by atoms with Gasteiger partial charge >= 0.3 is 0 Å². The van der Waals surface area contributed by atoms with Crippen molar-refractivity contribution in [2.75, 3.05) is 18.5 Å². The maximum Gasteiger partial charge on any atom is 0.253 e. The van der Waals surface area contributed by atoms with Crippen LogP contribution in [0.3, 0.4) is 0 Å². The van der Waals surface area contributed by atoms with Crippen LogP contribution in [0.15, 0.2) is 36.7 Å². The van der Waals surface area contributed by atoms with Crippen molar-refractivity contribution >= 4 is 17.5 Å². The predicted octanol–water partition coefficient (Wildman–Crippen LogP) is 1.82. The van der Waals surface area contributed by atoms with Crippen LogP contribution in [-0.4, -0.2) is 40.1 Å². The lowest BCUT2D eigenvalue weighted by molar-refractivity contribution is -0.117. The van der Waals surface area contributed by atoms with Crippen molar-refractivity contribution in [2.24, 2.45) is 7.05 Å². The molecule has 0 aliphatic carbocycles. The highest BCUT2D eigenvalue weighted by Gasteiger charge is 2.22. The molecule has 0 bridgehead atoms. The molecule has 2 aromatic rings. The zero-order valence-corrected chi connectivity index (χ0v) is 13.4. The van der Waals surface area contributed by atoms with Crippen LogP contribution in [0.25, 0.3) is 0 Å². The Hall–Kier alpha value is -2.63. The fourth-order valence-corrected chi connectivity index (χ4v) is 2.82. The van der Waals surface area contributed by atoms with E-state index in [-0.39, 0.29) is 11.8 Å². The lowest BCUT2D eigenvalue weighted by atomic mass is 10.1. The first-order valence-corrected chi connectivity index (χ1v) is 7.68. The fourth-order valence-electron chi connectivity index (χ4n) is 2.82. The summed E-state index contributed by atoms with van der Waals surface area (Å²) in [5, 5.41) is 4.11. The molecule has 6 heteroatoms. The zero-order valence-electron chi connectivity index (χ0n) is 13.4. The summed E-state index contributed by atoms with van der Waals surface area (Å²) in [6.07, 6.45) is 5.15. The van der Waals surface area contributed by atoms with Gasteiger partial charge in [-0.15, -0.1) is 0 Å². The molecule has 3 rings (SSSR count). The third-order valence-electron chi connectivity index (χ3n) is 4.02. The number of hydrogen-bond donors (Lipinski definition) is 0. The van der Waals surface area contributed by atoms with E-state index in [1.807, 2.05) is 25.4 Å². The molecule has 1 fully saturated rings. The molecular formula is C17H20N4O2. The van der Waals surface area contributed by atoms with Crippen LogP contribution in [0.1, 0.15) is 28.8 Å². The average molecular weight is 312 g/mol. The Morgan fingerprint density at radius 1 is 1.30 bits per heavy atom. The number of benzene rings is 1. The van der Waals surface area contributed by atoms with Gasteiger partial charge in [-0.1, -0.05) is 0 Å². The van der Waals surface area contributed by atoms with Crippen LogP contribution in [0.4, 0.5) is 5.69 Å². The van der Waals surface area contributed by atoms with Gasteiger partial charge in [-0.05, 0) is 30.7 Å². The van der Waals surface area contributed by atoms with Gasteiger partial charge in [0.25, 0.3) is 5.91 Å². The summed E-state index contributed by atoms with van der Waals surface area (Å²) in [6.45, 7) is 1.27. The quantitative estimate of drug-likeness (QED) is 0.865. The molecule has 0 spiro atoms. The number of nitrogens with zero attached hydrogens (tertiary/aromatic N) is 4. The Morgan fingerprint density at radius 2 is 2.04 bits per heavy atom. The Labute approximate surface area is 135 Å². The second-order valence-electron chi connectivity index (χ2n) is 5.88. The normalized spacial score (nSPS) is 14.3. The van der Waals surface area contributed by atoms with Gasteiger partial charge in [-0.3, -0.25) is 14.3 Å². The molecule has 0 N–H and O–H groups in total. The van der Waals surface area contributed by atoms with E-state index in [9.17, 15) is 9.59 Å². The molecule has 1 saturated heterocycles. The summed E-state index contributed by atoms with van der Waals surface area (Å²) >= 11 is 0. The van der Waals surface area contributed by atoms with Gasteiger partial charge in [-0.25, -0.2) is 0 Å². The molecule has 1 aliphatic heterocycles. The number of carbonyl (C=O) groups is 2. The molecular weight excluding hydrogens is 292 g/mol. The SMILES string of the molecule is CN(Cc1cnn(C)c1)C(=O)c1ccc(N2CCCC2=O)cc1. The lowest BCUT2D eigenvalue weighted by Crippen LogP contribution is -2.26. The van der Waals surface area contributed by atoms with E-state index in [1.165, 1.54) is 0 Å². The van der Waals surface area contributed by atoms with Crippen molar-refractivity contribution in [3.8, 4) is 0 Å². The second-order valence-corrected chi connectivity index (χ2v) is 5.88. The molecule has 6 nitrogen and oxygen atoms in total. The summed E-state index contributed by atoms with van der Waals surface area (Å²) in [4.78, 5) is 27.7. The van der Waals surface area contributed by atoms with E-state index >= 15 is 0 Å². The van der Waals surface area contributed by atoms with Gasteiger partial charge < -0.3 is 9.80 Å². The van der Waals surface area contributed by atoms with E-state index in [2.05, 4.69) is 5.10 Å². The highest BCUT2D eigenvalue weighted by molar-refractivity contribution is 5.97. The minimum Gasteiger partial charge on any atom is -0.337 e. The largest absolute Gasteiger partial charge is 0.337 e. The van der Waals surface area contributed by atoms with E-state index < -0.39 is 0 Å². The summed E-state index contributed by atoms with van der Waals surface area (Å²) in [7, 11) is 3.62. The molecule has 1 aromatic heterocycles. The lowest BCUT2D eigenvalue weighted by Gasteiger charge is -2.18. The third-order valence-corrected chi connectivity index (χ3v) is 4.02. The number of hydrogen-bond acceptors (Lipinski definition) is 3. The number of amides is 2. The summed E-state index contributed by atoms with van der Waals surface area (Å²) in [5.41, 5.74) is 2.47. The topological polar surface area (TPSA) is 58.4 Å². The molecule has 1 aromatic carbocycles. The smallest absolute Gasteiger partial charge is 0.253 e. The van der Waals surface area contributed by atoms with Crippen molar-refractivity contribution < 1.29 is 9.59 Å². The highest BCUT2D eigenvalue weighted by atomic mass is 16.2. The van der Waals surface area contributed by atoms with Crippen LogP contribution in [0.5, 0.6) is 0 Å². The monoisotopic (exact) mass is 312 g/mol. The number of rotatable bonds is 4. The van der Waals surface area contributed by atoms with E-state index in [0.29, 0.717) is 18.5 Å². The summed E-state index contributed by atoms with van der Waals surface area (Å²) in [6, 6.07) is 7.24. The van der Waals surface area contributed by atoms with Crippen LogP contribution in [0.2, 0.25) is 0 Å². The molecule has 0 atom stereocenters. The van der Waals surface area contributed by atoms with E-state index in [4.69, 9.17) is 0 Å². The Balaban J connectivity index is 1.68. The summed E-state index contributed by atoms with van der Waals surface area (Å²) in [5.74, 6) is 0.103. The van der Waals surface area contributed by atoms with Crippen molar-refractivity contribution in [3.63, 3.8) is 0 Å². The zero-order chi connectivity index (χ0) is 16.4. The summed E-state index contributed by atoms with van der Waals surface area (Å²) < 4.78 is 1.72. The van der Waals surface area contributed by atoms with Gasteiger partial charge in [0.05, 0.1) is 6.20 Å². The van der Waals surface area contributed by atoms with Crippen LogP contribution >= 0.6 is 0 Å². The van der Waals surface area contributed by atoms with Gasteiger partial charge in [0.1, 0.15) is 0 Å². The predicted molar refractivity (Wildman–Crippen MR) is 87.0 cm³/mol. The number of carbonyl (C=O) groups excluding carboxylic acids is 2. The van der Waals surface area contributed by atoms with Crippen molar-refractivity contribution in [1.82, 2.24) is 14.7 Å². The van der Waals surface area contributed by atoms with Crippen molar-refractivity contribution in [2.45, 2.75) is 19.4 Å². The maximum atomic E-state index is 12.5. The second kappa shape index (κ2) is 6.24. The first-order chi connectivity index (χ1) is 11.0. The standard InChI is InChI=1S/C17H20N4O2/c1-19(11-13-10-18-20(2)12-13)17(23)14-5-7-15(8-6-14)21-9-3-4-16(21)22/h5-8,10,12H,3-4,9,11H2,1-2H3. The minimum absolute atomic E-state index is 0.0480. The average Bonchev–Trinajstić information content (AvgIpc) is 3.15. The van der Waals surface area contributed by atoms with Crippen LogP contribution in [-0.2, 0) is 18.4 Å². The molecule has 0 radical (unpaired) electrons. The Kier molecular flexibility index (Phi) is 4.14.